The van der Waals surface area contributed by atoms with Crippen LogP contribution in [0.25, 0.3) is 0 Å². The van der Waals surface area contributed by atoms with E-state index >= 15 is 0 Å². The average molecular weight is 422 g/mol. The Hall–Kier alpha value is -1.28. The summed E-state index contributed by atoms with van der Waals surface area (Å²) >= 11 is 0. The van der Waals surface area contributed by atoms with E-state index in [9.17, 15) is 20.2 Å². The van der Waals surface area contributed by atoms with Gasteiger partial charge >= 0.3 is 0 Å². The van der Waals surface area contributed by atoms with Crippen LogP contribution in [-0.2, 0) is 4.79 Å². The van der Waals surface area contributed by atoms with Crippen LogP contribution >= 0.6 is 12.4 Å². The number of rotatable bonds is 5. The highest BCUT2D eigenvalue weighted by Gasteiger charge is 2.63. The van der Waals surface area contributed by atoms with Crippen LogP contribution in [0, 0.1) is 11.8 Å². The van der Waals surface area contributed by atoms with E-state index in [1.54, 1.807) is 0 Å². The first-order valence-corrected chi connectivity index (χ1v) is 10.5. The highest BCUT2D eigenvalue weighted by atomic mass is 35.5. The second-order valence-electron chi connectivity index (χ2n) is 8.74. The molecule has 0 aromatic heterocycles. The van der Waals surface area contributed by atoms with Crippen molar-refractivity contribution in [3.05, 3.63) is 41.1 Å². The molecule has 1 aromatic rings. The van der Waals surface area contributed by atoms with E-state index in [1.165, 1.54) is 5.57 Å². The van der Waals surface area contributed by atoms with Gasteiger partial charge in [0.05, 0.1) is 19.3 Å². The van der Waals surface area contributed by atoms with Gasteiger partial charge in [-0.1, -0.05) is 24.6 Å². The molecule has 1 fully saturated rings. The lowest BCUT2D eigenvalue weighted by atomic mass is 9.64. The number of para-hydroxylation sites is 1. The van der Waals surface area contributed by atoms with Crippen molar-refractivity contribution in [3.8, 4) is 0 Å². The second kappa shape index (κ2) is 7.76. The smallest absolute Gasteiger partial charge is 0.174 e. The number of carbonyl (C=O) groups is 1. The van der Waals surface area contributed by atoms with Crippen molar-refractivity contribution in [1.29, 1.82) is 0 Å². The first kappa shape index (κ1) is 21.0. The molecule has 158 valence electrons. The summed E-state index contributed by atoms with van der Waals surface area (Å²) in [5, 5.41) is 31.2. The molecule has 0 radical (unpaired) electrons. The third kappa shape index (κ3) is 2.92. The number of hydrogen-bond acceptors (Lipinski definition) is 5. The molecule has 0 bridgehead atoms. The summed E-state index contributed by atoms with van der Waals surface area (Å²) in [4.78, 5) is 15.2. The fourth-order valence-corrected chi connectivity index (χ4v) is 6.50. The molecule has 0 amide bonds. The number of benzene rings is 1. The molecule has 1 saturated carbocycles. The summed E-state index contributed by atoms with van der Waals surface area (Å²) < 4.78 is -0.271. The van der Waals surface area contributed by atoms with Crippen LogP contribution in [0.5, 0.6) is 0 Å². The van der Waals surface area contributed by atoms with E-state index in [4.69, 9.17) is 0 Å². The van der Waals surface area contributed by atoms with E-state index in [0.29, 0.717) is 26.1 Å². The molecule has 2 aliphatic carbocycles. The Morgan fingerprint density at radius 1 is 1.10 bits per heavy atom. The molecule has 3 N–H and O–H groups in total. The number of aliphatic hydroxyl groups is 2. The Bertz CT molecular complexity index is 838. The molecular weight excluding hydrogens is 392 g/mol. The van der Waals surface area contributed by atoms with Gasteiger partial charge in [0.2, 0.25) is 0 Å². The fourth-order valence-electron chi connectivity index (χ4n) is 6.50. The van der Waals surface area contributed by atoms with Crippen LogP contribution in [0.15, 0.2) is 35.5 Å². The van der Waals surface area contributed by atoms with Crippen molar-refractivity contribution in [3.63, 3.8) is 0 Å². The van der Waals surface area contributed by atoms with E-state index < -0.39 is 0 Å². The maximum absolute atomic E-state index is 13.1. The van der Waals surface area contributed by atoms with Gasteiger partial charge in [-0.15, -0.1) is 17.1 Å². The molecule has 2 aliphatic heterocycles. The van der Waals surface area contributed by atoms with Gasteiger partial charge in [0, 0.05) is 37.1 Å². The molecule has 5 atom stereocenters. The standard InChI is InChI=1S/C22H29N2O4.ClH/c25-10-8-23(9-11-26)17-13-24(28)18-7-2-1-5-16(18)21-19(27)12-14-4-3-6-15(17)20(14)22(21)24;/h1-2,5,7,14-15,17,21,25-26,28H,3-4,6,8-13H2;1H/q+1;. The first-order valence-electron chi connectivity index (χ1n) is 10.5. The average Bonchev–Trinajstić information content (AvgIpc) is 2.97. The van der Waals surface area contributed by atoms with Gasteiger partial charge in [-0.3, -0.25) is 9.69 Å². The normalized spacial score (nSPS) is 34.7. The number of aliphatic hydroxyl groups excluding tert-OH is 2. The Morgan fingerprint density at radius 2 is 1.83 bits per heavy atom. The SMILES string of the molecule is Cl.O=C1CC2CCCC3C2=C2C1c1ccccc1[N+]2(O)CC3N(CCO)CCO. The zero-order chi connectivity index (χ0) is 19.5. The molecule has 2 heterocycles. The maximum atomic E-state index is 13.1. The summed E-state index contributed by atoms with van der Waals surface area (Å²) in [5.74, 6) is 0.449. The van der Waals surface area contributed by atoms with E-state index in [-0.39, 0.29) is 59.8 Å². The molecule has 1 aromatic carbocycles. The fraction of sp³-hybridized carbons (Fsp3) is 0.591. The van der Waals surface area contributed by atoms with Gasteiger partial charge in [-0.05, 0) is 24.3 Å². The lowest BCUT2D eigenvalue weighted by Gasteiger charge is -2.50. The molecule has 5 rings (SSSR count). The van der Waals surface area contributed by atoms with Crippen molar-refractivity contribution in [1.82, 2.24) is 9.55 Å². The van der Waals surface area contributed by atoms with Crippen LogP contribution in [0.3, 0.4) is 0 Å². The number of carbonyl (C=O) groups excluding carboxylic acids is 1. The highest BCUT2D eigenvalue weighted by Crippen LogP contribution is 2.59. The van der Waals surface area contributed by atoms with Gasteiger partial charge in [0.15, 0.2) is 17.2 Å². The number of hydrogen-bond donors (Lipinski definition) is 3. The minimum atomic E-state index is -0.307. The van der Waals surface area contributed by atoms with Crippen molar-refractivity contribution >= 4 is 23.9 Å². The number of nitrogens with zero attached hydrogens (tertiary/aromatic N) is 2. The predicted molar refractivity (Wildman–Crippen MR) is 112 cm³/mol. The highest BCUT2D eigenvalue weighted by molar-refractivity contribution is 5.95. The first-order chi connectivity index (χ1) is 13.6. The van der Waals surface area contributed by atoms with Gasteiger partial charge in [0.1, 0.15) is 12.5 Å². The molecule has 6 nitrogen and oxygen atoms in total. The third-order valence-electron chi connectivity index (χ3n) is 7.45. The van der Waals surface area contributed by atoms with Gasteiger partial charge in [-0.25, -0.2) is 5.21 Å². The molecule has 0 saturated heterocycles. The molecule has 29 heavy (non-hydrogen) atoms. The minimum Gasteiger partial charge on any atom is -0.395 e. The third-order valence-corrected chi connectivity index (χ3v) is 7.45. The summed E-state index contributed by atoms with van der Waals surface area (Å²) in [6, 6.07) is 7.87. The van der Waals surface area contributed by atoms with E-state index in [2.05, 4.69) is 4.90 Å². The van der Waals surface area contributed by atoms with Crippen molar-refractivity contribution in [2.24, 2.45) is 11.8 Å². The van der Waals surface area contributed by atoms with Gasteiger partial charge in [-0.2, -0.15) is 0 Å². The van der Waals surface area contributed by atoms with Crippen LogP contribution in [-0.4, -0.2) is 65.0 Å². The molecule has 7 heteroatoms. The van der Waals surface area contributed by atoms with Crippen LogP contribution in [0.4, 0.5) is 5.69 Å². The number of Topliss-reactive ketones (excluding diaryl/α,β-unsaturated/α-hetero) is 1. The quantitative estimate of drug-likeness (QED) is 0.635. The second-order valence-corrected chi connectivity index (χ2v) is 8.74. The lowest BCUT2D eigenvalue weighted by Crippen LogP contribution is -2.62. The number of halogens is 1. The number of fused-ring (bicyclic) bond motifs is 3. The van der Waals surface area contributed by atoms with Gasteiger partial charge < -0.3 is 10.2 Å². The summed E-state index contributed by atoms with van der Waals surface area (Å²) in [6.07, 6.45) is 3.72. The maximum Gasteiger partial charge on any atom is 0.174 e. The van der Waals surface area contributed by atoms with E-state index in [0.717, 1.165) is 36.2 Å². The predicted octanol–water partition coefficient (Wildman–Crippen LogP) is 2.21. The summed E-state index contributed by atoms with van der Waals surface area (Å²) in [6.45, 7) is 1.50. The van der Waals surface area contributed by atoms with Crippen LogP contribution < -0.4 is 4.65 Å². The van der Waals surface area contributed by atoms with Crippen LogP contribution in [0.2, 0.25) is 0 Å². The molecule has 4 aliphatic rings. The van der Waals surface area contributed by atoms with Crippen LogP contribution in [0.1, 0.15) is 37.2 Å². The largest absolute Gasteiger partial charge is 0.395 e. The van der Waals surface area contributed by atoms with Crippen molar-refractivity contribution in [2.75, 3.05) is 32.8 Å². The Balaban J connectivity index is 0.00000205. The minimum absolute atomic E-state index is 0. The van der Waals surface area contributed by atoms with Crippen molar-refractivity contribution in [2.45, 2.75) is 37.6 Å². The van der Waals surface area contributed by atoms with Crippen molar-refractivity contribution < 1.29 is 20.2 Å². The number of allylic oxidation sites excluding steroid dienone is 1. The number of quaternary nitrogens is 1. The summed E-state index contributed by atoms with van der Waals surface area (Å²) in [7, 11) is 0. The number of ketones is 1. The lowest BCUT2D eigenvalue weighted by molar-refractivity contribution is -0.126. The van der Waals surface area contributed by atoms with E-state index in [1.807, 2.05) is 24.3 Å². The Labute approximate surface area is 177 Å². The Kier molecular flexibility index (Phi) is 5.61. The zero-order valence-corrected chi connectivity index (χ0v) is 17.4. The molecule has 0 spiro atoms. The molecular formula is C22H30ClN2O4+. The molecule has 5 unspecified atom stereocenters. The monoisotopic (exact) mass is 421 g/mol. The van der Waals surface area contributed by atoms with Gasteiger partial charge in [0.25, 0.3) is 0 Å². The Morgan fingerprint density at radius 3 is 2.55 bits per heavy atom. The summed E-state index contributed by atoms with van der Waals surface area (Å²) in [5.41, 5.74) is 4.01. The topological polar surface area (TPSA) is 81.0 Å². The number of hydroxylamine groups is 2. The zero-order valence-electron chi connectivity index (χ0n) is 16.5.